The summed E-state index contributed by atoms with van der Waals surface area (Å²) in [6.45, 7) is 4.10. The second-order valence-electron chi connectivity index (χ2n) is 8.20. The summed E-state index contributed by atoms with van der Waals surface area (Å²) in [7, 11) is 1.87. The largest absolute Gasteiger partial charge is 0.482 e. The molecule has 4 aromatic rings. The number of hydrogen-bond acceptors (Lipinski definition) is 5. The van der Waals surface area contributed by atoms with Gasteiger partial charge in [-0.25, -0.2) is 4.98 Å². The summed E-state index contributed by atoms with van der Waals surface area (Å²) in [6, 6.07) is 18.9. The smallest absolute Gasteiger partial charge is 0.170 e. The van der Waals surface area contributed by atoms with Gasteiger partial charge in [-0.2, -0.15) is 10.4 Å². The number of anilines is 1. The van der Waals surface area contributed by atoms with Crippen molar-refractivity contribution in [2.24, 2.45) is 7.05 Å². The van der Waals surface area contributed by atoms with E-state index in [2.05, 4.69) is 59.5 Å². The highest BCUT2D eigenvalue weighted by Gasteiger charge is 2.24. The van der Waals surface area contributed by atoms with E-state index in [-0.39, 0.29) is 6.10 Å². The number of nitriles is 1. The van der Waals surface area contributed by atoms with Gasteiger partial charge in [0.2, 0.25) is 0 Å². The first-order valence-electron chi connectivity index (χ1n) is 10.5. The van der Waals surface area contributed by atoms with E-state index in [1.165, 1.54) is 0 Å². The Bertz CT molecular complexity index is 1400. The van der Waals surface area contributed by atoms with Crippen molar-refractivity contribution in [3.8, 4) is 34.1 Å². The fourth-order valence-corrected chi connectivity index (χ4v) is 4.46. The first kappa shape index (κ1) is 19.8. The molecule has 0 aliphatic carbocycles. The third-order valence-electron chi connectivity index (χ3n) is 6.06. The lowest BCUT2D eigenvalue weighted by molar-refractivity contribution is 0.228. The molecule has 6 nitrogen and oxygen atoms in total. The Hall–Kier alpha value is -4.11. The number of nitrogen functional groups attached to an aromatic ring is 1. The van der Waals surface area contributed by atoms with Gasteiger partial charge in [0, 0.05) is 36.4 Å². The summed E-state index contributed by atoms with van der Waals surface area (Å²) in [5.41, 5.74) is 14.7. The number of fused-ring (bicyclic) bond motifs is 7. The van der Waals surface area contributed by atoms with E-state index in [0.717, 1.165) is 44.6 Å². The highest BCUT2D eigenvalue weighted by atomic mass is 16.5. The second kappa shape index (κ2) is 7.54. The van der Waals surface area contributed by atoms with Crippen molar-refractivity contribution in [3.05, 3.63) is 82.8 Å². The van der Waals surface area contributed by atoms with E-state index in [1.807, 2.05) is 26.1 Å². The maximum Gasteiger partial charge on any atom is 0.170 e. The molecule has 0 radical (unpaired) electrons. The topological polar surface area (TPSA) is 89.8 Å². The van der Waals surface area contributed by atoms with Crippen LogP contribution in [0.5, 0.6) is 5.75 Å². The quantitative estimate of drug-likeness (QED) is 0.434. The van der Waals surface area contributed by atoms with Crippen LogP contribution in [0.2, 0.25) is 0 Å². The van der Waals surface area contributed by atoms with Crippen molar-refractivity contribution < 1.29 is 4.74 Å². The van der Waals surface area contributed by atoms with E-state index in [1.54, 1.807) is 10.9 Å². The molecule has 32 heavy (non-hydrogen) atoms. The molecule has 5 rings (SSSR count). The van der Waals surface area contributed by atoms with Gasteiger partial charge in [-0.3, -0.25) is 4.68 Å². The molecule has 0 spiro atoms. The van der Waals surface area contributed by atoms with Gasteiger partial charge in [0.25, 0.3) is 0 Å². The molecule has 1 aliphatic heterocycles. The van der Waals surface area contributed by atoms with Crippen LogP contribution in [0.3, 0.4) is 0 Å². The molecule has 6 heteroatoms. The number of ether oxygens (including phenoxy) is 1. The minimum absolute atomic E-state index is 0.250. The average molecular weight is 422 g/mol. The molecule has 0 fully saturated rings. The molecule has 158 valence electrons. The van der Waals surface area contributed by atoms with E-state index in [4.69, 9.17) is 10.5 Å². The maximum absolute atomic E-state index is 9.77. The van der Waals surface area contributed by atoms with Crippen LogP contribution in [0.15, 0.2) is 54.7 Å². The third kappa shape index (κ3) is 3.19. The van der Waals surface area contributed by atoms with Crippen LogP contribution in [0.25, 0.3) is 22.3 Å². The SMILES string of the molecule is Cc1ccc2c(c1)C(C)Oc1cc(cnc1N)-c1c(C#N)nn(C)c1Cc1ccccc1-2. The zero-order valence-corrected chi connectivity index (χ0v) is 18.3. The van der Waals surface area contributed by atoms with Gasteiger partial charge in [0.05, 0.1) is 5.69 Å². The van der Waals surface area contributed by atoms with E-state index in [0.29, 0.717) is 23.7 Å². The van der Waals surface area contributed by atoms with Crippen molar-refractivity contribution in [2.75, 3.05) is 5.73 Å². The Morgan fingerprint density at radius 2 is 1.97 bits per heavy atom. The summed E-state index contributed by atoms with van der Waals surface area (Å²) in [5, 5.41) is 14.2. The van der Waals surface area contributed by atoms with Crippen molar-refractivity contribution in [3.63, 3.8) is 0 Å². The molecule has 2 aromatic carbocycles. The van der Waals surface area contributed by atoms with Crippen LogP contribution in [-0.4, -0.2) is 14.8 Å². The van der Waals surface area contributed by atoms with Crippen molar-refractivity contribution >= 4 is 5.82 Å². The molecular formula is C26H23N5O. The minimum atomic E-state index is -0.250. The van der Waals surface area contributed by atoms with Crippen molar-refractivity contribution in [1.82, 2.24) is 14.8 Å². The minimum Gasteiger partial charge on any atom is -0.482 e. The Labute approximate surface area is 186 Å². The number of benzene rings is 2. The van der Waals surface area contributed by atoms with Gasteiger partial charge in [-0.1, -0.05) is 48.0 Å². The molecule has 3 heterocycles. The lowest BCUT2D eigenvalue weighted by Crippen LogP contribution is -2.10. The standard InChI is InChI=1S/C26H23N5O/c1-15-8-9-20-19-7-5-4-6-17(19)11-23-25(22(13-27)30-31(23)3)18-12-24(26(28)29-14-18)32-16(2)21(20)10-15/h4-10,12,14,16H,11H2,1-3H3,(H2,28,29). The van der Waals surface area contributed by atoms with Crippen LogP contribution < -0.4 is 10.5 Å². The number of nitrogens with two attached hydrogens (primary N) is 1. The van der Waals surface area contributed by atoms with Gasteiger partial charge in [-0.15, -0.1) is 0 Å². The zero-order chi connectivity index (χ0) is 22.4. The number of nitrogens with zero attached hydrogens (tertiary/aromatic N) is 4. The van der Waals surface area contributed by atoms with Crippen molar-refractivity contribution in [1.29, 1.82) is 5.26 Å². The van der Waals surface area contributed by atoms with Crippen LogP contribution >= 0.6 is 0 Å². The molecule has 1 atom stereocenters. The monoisotopic (exact) mass is 421 g/mol. The normalized spacial score (nSPS) is 14.6. The first-order chi connectivity index (χ1) is 15.5. The summed E-state index contributed by atoms with van der Waals surface area (Å²) < 4.78 is 8.14. The molecule has 1 unspecified atom stereocenters. The van der Waals surface area contributed by atoms with E-state index >= 15 is 0 Å². The van der Waals surface area contributed by atoms with Crippen LogP contribution in [-0.2, 0) is 13.5 Å². The molecule has 1 aliphatic rings. The molecule has 0 amide bonds. The Morgan fingerprint density at radius 1 is 1.16 bits per heavy atom. The second-order valence-corrected chi connectivity index (χ2v) is 8.20. The van der Waals surface area contributed by atoms with Crippen LogP contribution in [0, 0.1) is 18.3 Å². The molecule has 0 saturated heterocycles. The fourth-order valence-electron chi connectivity index (χ4n) is 4.46. The highest BCUT2D eigenvalue weighted by Crippen LogP contribution is 2.39. The Morgan fingerprint density at radius 3 is 2.78 bits per heavy atom. The molecule has 2 aromatic heterocycles. The van der Waals surface area contributed by atoms with Gasteiger partial charge in [-0.05, 0) is 36.6 Å². The number of pyridine rings is 1. The van der Waals surface area contributed by atoms with Gasteiger partial charge < -0.3 is 10.5 Å². The van der Waals surface area contributed by atoms with E-state index < -0.39 is 0 Å². The summed E-state index contributed by atoms with van der Waals surface area (Å²) in [6.07, 6.45) is 2.06. The highest BCUT2D eigenvalue weighted by molar-refractivity contribution is 5.77. The van der Waals surface area contributed by atoms with Gasteiger partial charge in [0.15, 0.2) is 17.3 Å². The maximum atomic E-state index is 9.77. The summed E-state index contributed by atoms with van der Waals surface area (Å²) >= 11 is 0. The molecule has 2 bridgehead atoms. The summed E-state index contributed by atoms with van der Waals surface area (Å²) in [4.78, 5) is 4.37. The number of aromatic nitrogens is 3. The third-order valence-corrected chi connectivity index (χ3v) is 6.06. The van der Waals surface area contributed by atoms with Crippen LogP contribution in [0.4, 0.5) is 5.82 Å². The lowest BCUT2D eigenvalue weighted by Gasteiger charge is -2.22. The lowest BCUT2D eigenvalue weighted by atomic mass is 9.89. The molecule has 2 N–H and O–H groups in total. The Kier molecular flexibility index (Phi) is 4.67. The van der Waals surface area contributed by atoms with E-state index in [9.17, 15) is 5.26 Å². The molecular weight excluding hydrogens is 398 g/mol. The number of hydrogen-bond donors (Lipinski definition) is 1. The zero-order valence-electron chi connectivity index (χ0n) is 18.3. The fraction of sp³-hybridized carbons (Fsp3) is 0.192. The van der Waals surface area contributed by atoms with Crippen LogP contribution in [0.1, 0.15) is 41.1 Å². The Balaban J connectivity index is 1.85. The van der Waals surface area contributed by atoms with Gasteiger partial charge in [0.1, 0.15) is 12.2 Å². The number of aryl methyl sites for hydroxylation is 2. The van der Waals surface area contributed by atoms with Gasteiger partial charge >= 0.3 is 0 Å². The predicted octanol–water partition coefficient (Wildman–Crippen LogP) is 4.96. The van der Waals surface area contributed by atoms with Crippen molar-refractivity contribution in [2.45, 2.75) is 26.4 Å². The number of rotatable bonds is 0. The predicted molar refractivity (Wildman–Crippen MR) is 124 cm³/mol. The summed E-state index contributed by atoms with van der Waals surface area (Å²) in [5.74, 6) is 0.811. The molecule has 0 saturated carbocycles. The first-order valence-corrected chi connectivity index (χ1v) is 10.5. The average Bonchev–Trinajstić information content (AvgIpc) is 3.10.